The van der Waals surface area contributed by atoms with E-state index in [4.69, 9.17) is 9.47 Å². The zero-order valence-electron chi connectivity index (χ0n) is 16.4. The molecule has 1 atom stereocenters. The van der Waals surface area contributed by atoms with Crippen LogP contribution < -0.4 is 9.64 Å². The molecule has 10 heteroatoms. The van der Waals surface area contributed by atoms with Crippen LogP contribution in [-0.4, -0.2) is 75.2 Å². The van der Waals surface area contributed by atoms with E-state index in [1.807, 2.05) is 13.0 Å². The number of ether oxygens (including phenoxy) is 2. The molecule has 0 N–H and O–H groups in total. The van der Waals surface area contributed by atoms with Crippen molar-refractivity contribution < 1.29 is 19.1 Å². The van der Waals surface area contributed by atoms with E-state index in [-0.39, 0.29) is 18.3 Å². The fourth-order valence-electron chi connectivity index (χ4n) is 3.66. The van der Waals surface area contributed by atoms with Gasteiger partial charge in [-0.15, -0.1) is 5.10 Å². The summed E-state index contributed by atoms with van der Waals surface area (Å²) in [6.07, 6.45) is 0.813. The monoisotopic (exact) mass is 408 g/mol. The van der Waals surface area contributed by atoms with Crippen molar-refractivity contribution in [1.29, 1.82) is 0 Å². The van der Waals surface area contributed by atoms with Crippen LogP contribution in [0.3, 0.4) is 0 Å². The highest BCUT2D eigenvalue weighted by atomic mass is 16.5. The van der Waals surface area contributed by atoms with Crippen molar-refractivity contribution in [3.8, 4) is 5.75 Å². The lowest BCUT2D eigenvalue weighted by atomic mass is 10.1. The van der Waals surface area contributed by atoms with Gasteiger partial charge in [0.05, 0.1) is 25.4 Å². The molecule has 2 aliphatic heterocycles. The van der Waals surface area contributed by atoms with Crippen LogP contribution in [0.25, 0.3) is 5.78 Å². The van der Waals surface area contributed by atoms with Crippen LogP contribution in [0.15, 0.2) is 36.5 Å². The molecule has 0 unspecified atom stereocenters. The molecule has 2 amide bonds. The van der Waals surface area contributed by atoms with Gasteiger partial charge in [0, 0.05) is 25.0 Å². The molecule has 0 aliphatic carbocycles. The Kier molecular flexibility index (Phi) is 4.55. The maximum absolute atomic E-state index is 13.3. The minimum atomic E-state index is -0.807. The molecule has 1 aromatic carbocycles. The molecule has 0 saturated carbocycles. The third-order valence-corrected chi connectivity index (χ3v) is 5.24. The third-order valence-electron chi connectivity index (χ3n) is 5.24. The van der Waals surface area contributed by atoms with Gasteiger partial charge in [0.25, 0.3) is 17.6 Å². The van der Waals surface area contributed by atoms with E-state index in [0.29, 0.717) is 43.5 Å². The van der Waals surface area contributed by atoms with E-state index in [9.17, 15) is 9.59 Å². The fourth-order valence-corrected chi connectivity index (χ4v) is 3.66. The molecule has 30 heavy (non-hydrogen) atoms. The Morgan fingerprint density at radius 3 is 2.73 bits per heavy atom. The molecule has 10 nitrogen and oxygen atoms in total. The van der Waals surface area contributed by atoms with Gasteiger partial charge in [-0.25, -0.2) is 9.50 Å². The van der Waals surface area contributed by atoms with E-state index in [1.165, 1.54) is 9.42 Å². The highest BCUT2D eigenvalue weighted by molar-refractivity contribution is 6.05. The van der Waals surface area contributed by atoms with E-state index >= 15 is 0 Å². The molecule has 0 radical (unpaired) electrons. The van der Waals surface area contributed by atoms with Crippen LogP contribution >= 0.6 is 0 Å². The Balaban J connectivity index is 1.48. The highest BCUT2D eigenvalue weighted by Gasteiger charge is 2.37. The topological polar surface area (TPSA) is 102 Å². The lowest BCUT2D eigenvalue weighted by Crippen LogP contribution is -2.54. The Morgan fingerprint density at radius 2 is 1.93 bits per heavy atom. The summed E-state index contributed by atoms with van der Waals surface area (Å²) in [6, 6.07) is 8.94. The summed E-state index contributed by atoms with van der Waals surface area (Å²) in [5.41, 5.74) is 1.39. The van der Waals surface area contributed by atoms with Crippen LogP contribution in [0.1, 0.15) is 16.3 Å². The molecule has 154 valence electrons. The average Bonchev–Trinajstić information content (AvgIpc) is 3.24. The number of morpholine rings is 1. The van der Waals surface area contributed by atoms with Crippen molar-refractivity contribution in [1.82, 2.24) is 24.5 Å². The van der Waals surface area contributed by atoms with Crippen molar-refractivity contribution in [2.75, 3.05) is 37.7 Å². The molecule has 0 spiro atoms. The quantitative estimate of drug-likeness (QED) is 0.615. The highest BCUT2D eigenvalue weighted by Crippen LogP contribution is 2.34. The predicted molar refractivity (Wildman–Crippen MR) is 105 cm³/mol. The van der Waals surface area contributed by atoms with Gasteiger partial charge in [-0.3, -0.25) is 14.5 Å². The van der Waals surface area contributed by atoms with E-state index < -0.39 is 12.0 Å². The zero-order chi connectivity index (χ0) is 20.7. The smallest absolute Gasteiger partial charge is 0.298 e. The number of carbonyl (C=O) groups is 2. The van der Waals surface area contributed by atoms with E-state index in [0.717, 1.165) is 5.69 Å². The van der Waals surface area contributed by atoms with Crippen LogP contribution in [0.4, 0.5) is 5.69 Å². The van der Waals surface area contributed by atoms with E-state index in [2.05, 4.69) is 15.1 Å². The van der Waals surface area contributed by atoms with Gasteiger partial charge in [-0.05, 0) is 25.1 Å². The van der Waals surface area contributed by atoms with Crippen LogP contribution in [0.5, 0.6) is 5.75 Å². The first-order valence-corrected chi connectivity index (χ1v) is 9.74. The normalized spacial score (nSPS) is 18.8. The van der Waals surface area contributed by atoms with Crippen LogP contribution in [0, 0.1) is 6.92 Å². The van der Waals surface area contributed by atoms with E-state index in [1.54, 1.807) is 35.4 Å². The van der Waals surface area contributed by atoms with Crippen LogP contribution in [-0.2, 0) is 9.53 Å². The van der Waals surface area contributed by atoms with Gasteiger partial charge in [-0.1, -0.05) is 12.1 Å². The summed E-state index contributed by atoms with van der Waals surface area (Å²) in [5, 5.41) is 4.32. The van der Waals surface area contributed by atoms with Gasteiger partial charge < -0.3 is 14.4 Å². The lowest BCUT2D eigenvalue weighted by Gasteiger charge is -2.36. The maximum Gasteiger partial charge on any atom is 0.298 e. The summed E-state index contributed by atoms with van der Waals surface area (Å²) in [6.45, 7) is 3.94. The van der Waals surface area contributed by atoms with Gasteiger partial charge in [0.15, 0.2) is 6.10 Å². The van der Waals surface area contributed by atoms with Crippen LogP contribution in [0.2, 0.25) is 0 Å². The number of nitrogens with zero attached hydrogens (tertiary/aromatic N) is 6. The second-order valence-corrected chi connectivity index (χ2v) is 7.16. The number of aromatic nitrogens is 4. The van der Waals surface area contributed by atoms with Crippen molar-refractivity contribution in [3.63, 3.8) is 0 Å². The Labute approximate surface area is 172 Å². The Morgan fingerprint density at radius 1 is 1.13 bits per heavy atom. The minimum Gasteiger partial charge on any atom is -0.476 e. The van der Waals surface area contributed by atoms with Gasteiger partial charge in [0.2, 0.25) is 5.82 Å². The predicted octanol–water partition coefficient (Wildman–Crippen LogP) is 0.699. The van der Waals surface area contributed by atoms with Crippen molar-refractivity contribution >= 4 is 23.3 Å². The second kappa shape index (κ2) is 7.38. The first-order valence-electron chi connectivity index (χ1n) is 9.74. The number of rotatable bonds is 2. The Hall–Kier alpha value is -3.53. The number of anilines is 1. The molecular weight excluding hydrogens is 388 g/mol. The maximum atomic E-state index is 13.3. The van der Waals surface area contributed by atoms with Gasteiger partial charge >= 0.3 is 0 Å². The summed E-state index contributed by atoms with van der Waals surface area (Å²) in [7, 11) is 0. The average molecular weight is 408 g/mol. The molecular formula is C20H20N6O4. The minimum absolute atomic E-state index is 0.0195. The SMILES string of the molecule is Cc1ccnc2nc(C(=O)N3C[C@@H](C(=O)N4CCOCC4)Oc4ccccc43)nn12. The number of benzene rings is 1. The number of para-hydroxylation sites is 2. The first-order chi connectivity index (χ1) is 14.6. The molecule has 2 aromatic heterocycles. The molecule has 1 fully saturated rings. The largest absolute Gasteiger partial charge is 0.476 e. The molecule has 2 aliphatic rings. The molecule has 4 heterocycles. The number of aryl methyl sites for hydroxylation is 1. The van der Waals surface area contributed by atoms with Gasteiger partial charge in [-0.2, -0.15) is 4.98 Å². The third kappa shape index (κ3) is 3.14. The Bertz CT molecular complexity index is 1120. The summed E-state index contributed by atoms with van der Waals surface area (Å²) < 4.78 is 12.8. The zero-order valence-corrected chi connectivity index (χ0v) is 16.4. The number of hydrogen-bond acceptors (Lipinski definition) is 7. The number of fused-ring (bicyclic) bond motifs is 2. The second-order valence-electron chi connectivity index (χ2n) is 7.16. The fraction of sp³-hybridized carbons (Fsp3) is 0.350. The lowest BCUT2D eigenvalue weighted by molar-refractivity contribution is -0.142. The molecule has 0 bridgehead atoms. The van der Waals surface area contributed by atoms with Gasteiger partial charge in [0.1, 0.15) is 5.75 Å². The standard InChI is InChI=1S/C20H20N6O4/c1-13-6-7-21-20-22-17(23-26(13)20)19(28)25-12-16(18(27)24-8-10-29-11-9-24)30-15-5-3-2-4-14(15)25/h2-7,16H,8-12H2,1H3/t16-/m0/s1. The molecule has 1 saturated heterocycles. The summed E-state index contributed by atoms with van der Waals surface area (Å²) in [4.78, 5) is 38.0. The first kappa shape index (κ1) is 18.5. The van der Waals surface area contributed by atoms with Crippen molar-refractivity contribution in [3.05, 3.63) is 48.0 Å². The van der Waals surface area contributed by atoms with Crippen molar-refractivity contribution in [2.24, 2.45) is 0 Å². The number of amides is 2. The number of hydrogen-bond donors (Lipinski definition) is 0. The molecule has 3 aromatic rings. The summed E-state index contributed by atoms with van der Waals surface area (Å²) >= 11 is 0. The number of carbonyl (C=O) groups excluding carboxylic acids is 2. The van der Waals surface area contributed by atoms with Crippen molar-refractivity contribution in [2.45, 2.75) is 13.0 Å². The molecule has 5 rings (SSSR count). The summed E-state index contributed by atoms with van der Waals surface area (Å²) in [5.74, 6) is 0.273.